The summed E-state index contributed by atoms with van der Waals surface area (Å²) in [5.74, 6) is -2.05. The van der Waals surface area contributed by atoms with Gasteiger partial charge in [0.15, 0.2) is 12.1 Å². The Bertz CT molecular complexity index is 885. The van der Waals surface area contributed by atoms with Gasteiger partial charge in [-0.15, -0.1) is 9.81 Å². The van der Waals surface area contributed by atoms with Crippen molar-refractivity contribution in [1.82, 2.24) is 0 Å². The van der Waals surface area contributed by atoms with Crippen molar-refractivity contribution >= 4 is 11.9 Å². The zero-order chi connectivity index (χ0) is 25.1. The van der Waals surface area contributed by atoms with Crippen molar-refractivity contribution in [2.45, 2.75) is 37.1 Å². The van der Waals surface area contributed by atoms with E-state index in [1.165, 1.54) is 48.5 Å². The van der Waals surface area contributed by atoms with Crippen LogP contribution in [0.1, 0.15) is 11.1 Å². The van der Waals surface area contributed by atoms with Gasteiger partial charge in [-0.3, -0.25) is 0 Å². The molecule has 0 amide bonds. The highest BCUT2D eigenvalue weighted by molar-refractivity contribution is 5.77. The largest absolute Gasteiger partial charge is 0.508 e. The number of nitroso groups, excluding NO2 is 2. The van der Waals surface area contributed by atoms with Gasteiger partial charge in [0, 0.05) is 12.8 Å². The minimum Gasteiger partial charge on any atom is -0.508 e. The second-order valence-corrected chi connectivity index (χ2v) is 7.38. The Balaban J connectivity index is 1.78. The summed E-state index contributed by atoms with van der Waals surface area (Å²) in [5, 5.41) is 43.8. The number of nitrogens with zero attached hydrogens (tertiary/aromatic N) is 2. The molecule has 0 aliphatic heterocycles. The number of carbonyl (C=O) groups excluding carboxylic acids is 2. The molecule has 12 nitrogen and oxygen atoms in total. The molecule has 34 heavy (non-hydrogen) atoms. The van der Waals surface area contributed by atoms with E-state index in [1.807, 2.05) is 0 Å². The van der Waals surface area contributed by atoms with Gasteiger partial charge in [-0.1, -0.05) is 34.6 Å². The van der Waals surface area contributed by atoms with E-state index in [-0.39, 0.29) is 24.3 Å². The summed E-state index contributed by atoms with van der Waals surface area (Å²) in [6.45, 7) is -1.41. The molecular weight excluding hydrogens is 452 g/mol. The zero-order valence-electron chi connectivity index (χ0n) is 17.9. The molecule has 0 radical (unpaired) electrons. The van der Waals surface area contributed by atoms with Gasteiger partial charge in [-0.2, -0.15) is 0 Å². The van der Waals surface area contributed by atoms with Crippen LogP contribution in [-0.4, -0.2) is 69.9 Å². The molecule has 0 saturated heterocycles. The molecule has 0 aromatic heterocycles. The number of esters is 2. The SMILES string of the molecule is O=NC(Cc1ccc(O)cc1)C(=O)OC[C@@H](O)[C@@H](O)COC(=O)C(Cc1ccc(O)cc1)N=O. The Morgan fingerprint density at radius 3 is 1.29 bits per heavy atom. The van der Waals surface area contributed by atoms with Crippen molar-refractivity contribution < 1.29 is 39.5 Å². The summed E-state index contributed by atoms with van der Waals surface area (Å²) in [7, 11) is 0. The van der Waals surface area contributed by atoms with E-state index in [0.717, 1.165) is 0 Å². The van der Waals surface area contributed by atoms with E-state index < -0.39 is 49.4 Å². The van der Waals surface area contributed by atoms with Gasteiger partial charge < -0.3 is 29.9 Å². The maximum atomic E-state index is 12.1. The Morgan fingerprint density at radius 1 is 0.676 bits per heavy atom. The molecule has 0 fully saturated rings. The molecule has 4 atom stereocenters. The van der Waals surface area contributed by atoms with Crippen LogP contribution in [0.25, 0.3) is 0 Å². The third kappa shape index (κ3) is 8.22. The van der Waals surface area contributed by atoms with Crippen LogP contribution in [0.5, 0.6) is 11.5 Å². The number of aromatic hydroxyl groups is 2. The Morgan fingerprint density at radius 2 is 1.00 bits per heavy atom. The van der Waals surface area contributed by atoms with Crippen LogP contribution in [0.15, 0.2) is 58.9 Å². The number of aliphatic hydroxyl groups excluding tert-OH is 2. The number of carbonyl (C=O) groups is 2. The van der Waals surface area contributed by atoms with Crippen molar-refractivity contribution in [3.8, 4) is 11.5 Å². The van der Waals surface area contributed by atoms with Gasteiger partial charge >= 0.3 is 11.9 Å². The van der Waals surface area contributed by atoms with Gasteiger partial charge in [0.25, 0.3) is 0 Å². The second kappa shape index (κ2) is 13.0. The van der Waals surface area contributed by atoms with Crippen LogP contribution in [0.3, 0.4) is 0 Å². The normalized spacial score (nSPS) is 14.3. The first-order valence-corrected chi connectivity index (χ1v) is 10.1. The number of hydrogen-bond acceptors (Lipinski definition) is 12. The summed E-state index contributed by atoms with van der Waals surface area (Å²) in [6.07, 6.45) is -3.50. The van der Waals surface area contributed by atoms with Gasteiger partial charge in [0.2, 0.25) is 0 Å². The average molecular weight is 476 g/mol. The summed E-state index contributed by atoms with van der Waals surface area (Å²) in [4.78, 5) is 46.1. The zero-order valence-corrected chi connectivity index (χ0v) is 17.9. The number of ether oxygens (including phenoxy) is 2. The quantitative estimate of drug-likeness (QED) is 0.239. The van der Waals surface area contributed by atoms with Gasteiger partial charge in [-0.05, 0) is 35.4 Å². The minimum absolute atomic E-state index is 0.00958. The molecule has 0 heterocycles. The Hall–Kier alpha value is -3.90. The molecule has 0 spiro atoms. The molecule has 182 valence electrons. The Kier molecular flexibility index (Phi) is 10.0. The highest BCUT2D eigenvalue weighted by Crippen LogP contribution is 2.15. The van der Waals surface area contributed by atoms with Crippen molar-refractivity contribution in [3.05, 3.63) is 69.5 Å². The summed E-state index contributed by atoms with van der Waals surface area (Å²) >= 11 is 0. The lowest BCUT2D eigenvalue weighted by Gasteiger charge is -2.19. The number of benzene rings is 2. The third-order valence-electron chi connectivity index (χ3n) is 4.77. The first-order valence-electron chi connectivity index (χ1n) is 10.1. The van der Waals surface area contributed by atoms with Crippen molar-refractivity contribution in [2.24, 2.45) is 10.4 Å². The van der Waals surface area contributed by atoms with Crippen LogP contribution in [0.2, 0.25) is 0 Å². The van der Waals surface area contributed by atoms with E-state index in [9.17, 15) is 39.8 Å². The van der Waals surface area contributed by atoms with Crippen LogP contribution in [-0.2, 0) is 31.9 Å². The van der Waals surface area contributed by atoms with E-state index in [0.29, 0.717) is 11.1 Å². The number of hydrogen-bond donors (Lipinski definition) is 4. The van der Waals surface area contributed by atoms with E-state index >= 15 is 0 Å². The molecule has 12 heteroatoms. The van der Waals surface area contributed by atoms with Crippen molar-refractivity contribution in [1.29, 1.82) is 0 Å². The fourth-order valence-electron chi connectivity index (χ4n) is 2.79. The van der Waals surface area contributed by atoms with Gasteiger partial charge in [0.1, 0.15) is 36.9 Å². The minimum atomic E-state index is -1.66. The Labute approximate surface area is 193 Å². The molecule has 0 aliphatic rings. The maximum Gasteiger partial charge on any atom is 0.335 e. The van der Waals surface area contributed by atoms with Crippen LogP contribution >= 0.6 is 0 Å². The molecule has 0 bridgehead atoms. The molecule has 4 N–H and O–H groups in total. The lowest BCUT2D eigenvalue weighted by molar-refractivity contribution is -0.157. The third-order valence-corrected chi connectivity index (χ3v) is 4.77. The van der Waals surface area contributed by atoms with Gasteiger partial charge in [-0.25, -0.2) is 9.59 Å². The topological polar surface area (TPSA) is 192 Å². The lowest BCUT2D eigenvalue weighted by atomic mass is 10.1. The number of rotatable bonds is 13. The second-order valence-electron chi connectivity index (χ2n) is 7.38. The van der Waals surface area contributed by atoms with Crippen molar-refractivity contribution in [3.63, 3.8) is 0 Å². The van der Waals surface area contributed by atoms with Gasteiger partial charge in [0.05, 0.1) is 0 Å². The van der Waals surface area contributed by atoms with Crippen LogP contribution < -0.4 is 0 Å². The van der Waals surface area contributed by atoms with Crippen LogP contribution in [0.4, 0.5) is 0 Å². The molecule has 2 unspecified atom stereocenters. The van der Waals surface area contributed by atoms with E-state index in [1.54, 1.807) is 0 Å². The monoisotopic (exact) mass is 476 g/mol. The summed E-state index contributed by atoms with van der Waals surface area (Å²) in [6, 6.07) is 8.66. The van der Waals surface area contributed by atoms with Crippen LogP contribution in [0, 0.1) is 9.81 Å². The molecular formula is C22H24N2O10. The highest BCUT2D eigenvalue weighted by Gasteiger charge is 2.27. The predicted octanol–water partition coefficient (Wildman–Crippen LogP) is 0.961. The molecule has 2 aromatic carbocycles. The fourth-order valence-corrected chi connectivity index (χ4v) is 2.79. The number of aliphatic hydroxyl groups is 2. The lowest BCUT2D eigenvalue weighted by Crippen LogP contribution is -2.38. The average Bonchev–Trinajstić information content (AvgIpc) is 2.84. The van der Waals surface area contributed by atoms with Crippen molar-refractivity contribution in [2.75, 3.05) is 13.2 Å². The molecule has 2 rings (SSSR count). The fraction of sp³-hybridized carbons (Fsp3) is 0.364. The summed E-state index contributed by atoms with van der Waals surface area (Å²) < 4.78 is 9.63. The smallest absolute Gasteiger partial charge is 0.335 e. The molecule has 0 saturated carbocycles. The maximum absolute atomic E-state index is 12.1. The standard InChI is InChI=1S/C22H24N2O10/c25-15-5-1-13(2-6-15)9-17(23-31)21(29)33-11-19(27)20(28)12-34-22(30)18(24-32)10-14-3-7-16(26)8-4-14/h1-8,17-20,25-28H,9-12H2/t17?,18?,19-,20+. The number of phenolic OH excluding ortho intramolecular Hbond substituents is 2. The first kappa shape index (κ1) is 26.4. The molecule has 2 aromatic rings. The predicted molar refractivity (Wildman–Crippen MR) is 117 cm³/mol. The van der Waals surface area contributed by atoms with E-state index in [4.69, 9.17) is 9.47 Å². The highest BCUT2D eigenvalue weighted by atomic mass is 16.6. The number of phenols is 2. The first-order chi connectivity index (χ1) is 16.2. The summed E-state index contributed by atoms with van der Waals surface area (Å²) in [5.41, 5.74) is 1.08. The van der Waals surface area contributed by atoms with E-state index in [2.05, 4.69) is 10.4 Å². The molecule has 0 aliphatic carbocycles.